The Bertz CT molecular complexity index is 466. The number of hydrogen-bond donors (Lipinski definition) is 3. The Morgan fingerprint density at radius 2 is 2.09 bits per heavy atom. The normalized spacial score (nSPS) is 21.6. The van der Waals surface area contributed by atoms with Crippen molar-refractivity contribution in [2.45, 2.75) is 37.8 Å². The number of aromatic nitrogens is 2. The van der Waals surface area contributed by atoms with Crippen molar-refractivity contribution in [3.63, 3.8) is 0 Å². The molecule has 0 spiro atoms. The fraction of sp³-hybridized carbons (Fsp3) is 0.733. The highest BCUT2D eigenvalue weighted by atomic mass is 32.2. The summed E-state index contributed by atoms with van der Waals surface area (Å²) in [5, 5.41) is 12.7. The zero-order valence-electron chi connectivity index (χ0n) is 12.9. The van der Waals surface area contributed by atoms with Crippen LogP contribution in [0.5, 0.6) is 0 Å². The van der Waals surface area contributed by atoms with E-state index in [2.05, 4.69) is 25.7 Å². The smallest absolute Gasteiger partial charge is 0.315 e. The van der Waals surface area contributed by atoms with E-state index < -0.39 is 0 Å². The topological polar surface area (TPSA) is 73.0 Å². The summed E-state index contributed by atoms with van der Waals surface area (Å²) in [6.07, 6.45) is 6.66. The van der Waals surface area contributed by atoms with Crippen molar-refractivity contribution in [2.24, 2.45) is 0 Å². The number of thioether (sulfide) groups is 1. The van der Waals surface area contributed by atoms with E-state index in [0.717, 1.165) is 25.3 Å². The second-order valence-electron chi connectivity index (χ2n) is 6.15. The van der Waals surface area contributed by atoms with E-state index in [1.165, 1.54) is 37.2 Å². The zero-order valence-corrected chi connectivity index (χ0v) is 13.8. The Balaban J connectivity index is 1.49. The highest BCUT2D eigenvalue weighted by Crippen LogP contribution is 2.36. The molecule has 2 amide bonds. The third kappa shape index (κ3) is 3.76. The van der Waals surface area contributed by atoms with Gasteiger partial charge in [0.25, 0.3) is 0 Å². The lowest BCUT2D eigenvalue weighted by molar-refractivity contribution is 0.104. The molecule has 22 heavy (non-hydrogen) atoms. The maximum atomic E-state index is 12.0. The maximum absolute atomic E-state index is 12.0. The largest absolute Gasteiger partial charge is 0.336 e. The van der Waals surface area contributed by atoms with Gasteiger partial charge >= 0.3 is 6.03 Å². The van der Waals surface area contributed by atoms with Gasteiger partial charge in [-0.05, 0) is 18.9 Å². The first-order valence-corrected chi connectivity index (χ1v) is 9.27. The average molecular weight is 323 g/mol. The molecule has 0 unspecified atom stereocenters. The molecule has 122 valence electrons. The van der Waals surface area contributed by atoms with E-state index >= 15 is 0 Å². The molecule has 0 radical (unpaired) electrons. The van der Waals surface area contributed by atoms with Crippen molar-refractivity contribution in [1.29, 1.82) is 0 Å². The van der Waals surface area contributed by atoms with E-state index in [-0.39, 0.29) is 11.6 Å². The summed E-state index contributed by atoms with van der Waals surface area (Å²) in [5.74, 6) is 2.43. The molecule has 1 saturated carbocycles. The fourth-order valence-corrected chi connectivity index (χ4v) is 4.44. The minimum Gasteiger partial charge on any atom is -0.336 e. The van der Waals surface area contributed by atoms with Crippen LogP contribution in [0.15, 0.2) is 12.3 Å². The molecule has 0 atom stereocenters. The van der Waals surface area contributed by atoms with Crippen LogP contribution in [-0.2, 0) is 6.54 Å². The number of carbonyl (C=O) groups excluding carboxylic acids is 1. The number of nitrogens with one attached hydrogen (secondary N) is 3. The Hall–Kier alpha value is -1.21. The summed E-state index contributed by atoms with van der Waals surface area (Å²) in [6, 6.07) is 1.77. The summed E-state index contributed by atoms with van der Waals surface area (Å²) < 4.78 is 0. The quantitative estimate of drug-likeness (QED) is 0.769. The van der Waals surface area contributed by atoms with Crippen molar-refractivity contribution in [2.75, 3.05) is 31.1 Å². The summed E-state index contributed by atoms with van der Waals surface area (Å²) in [7, 11) is 0. The van der Waals surface area contributed by atoms with Crippen molar-refractivity contribution in [3.05, 3.63) is 18.0 Å². The number of amides is 2. The summed E-state index contributed by atoms with van der Waals surface area (Å²) in [4.78, 5) is 14.7. The van der Waals surface area contributed by atoms with Gasteiger partial charge in [0.05, 0.1) is 12.2 Å². The molecule has 3 rings (SSSR count). The summed E-state index contributed by atoms with van der Waals surface area (Å²) in [6.45, 7) is 3.55. The van der Waals surface area contributed by atoms with Gasteiger partial charge in [-0.3, -0.25) is 10.00 Å². The summed E-state index contributed by atoms with van der Waals surface area (Å²) in [5.41, 5.74) is 1.10. The Kier molecular flexibility index (Phi) is 5.25. The first kappa shape index (κ1) is 15.7. The number of hydrogen-bond acceptors (Lipinski definition) is 4. The zero-order chi connectivity index (χ0) is 15.3. The van der Waals surface area contributed by atoms with Crippen LogP contribution < -0.4 is 10.6 Å². The molecular formula is C15H25N5OS. The lowest BCUT2D eigenvalue weighted by Crippen LogP contribution is -2.57. The maximum Gasteiger partial charge on any atom is 0.315 e. The molecule has 3 N–H and O–H groups in total. The van der Waals surface area contributed by atoms with Crippen molar-refractivity contribution >= 4 is 17.8 Å². The van der Waals surface area contributed by atoms with Gasteiger partial charge in [0.15, 0.2) is 0 Å². The highest BCUT2D eigenvalue weighted by molar-refractivity contribution is 7.99. The standard InChI is InChI=1S/C15H25N5OS/c21-14(16-11-13-3-6-18-19-13)17-12-15(4-1-2-5-15)20-7-9-22-10-8-20/h3,6H,1-2,4-5,7-12H2,(H,18,19)(H2,16,17,21). The first-order chi connectivity index (χ1) is 10.8. The van der Waals surface area contributed by atoms with Gasteiger partial charge in [0, 0.05) is 42.9 Å². The van der Waals surface area contributed by atoms with Gasteiger partial charge in [0.2, 0.25) is 0 Å². The van der Waals surface area contributed by atoms with Gasteiger partial charge in [0.1, 0.15) is 0 Å². The summed E-state index contributed by atoms with van der Waals surface area (Å²) >= 11 is 2.04. The highest BCUT2D eigenvalue weighted by Gasteiger charge is 2.40. The van der Waals surface area contributed by atoms with Crippen LogP contribution in [0.1, 0.15) is 31.4 Å². The van der Waals surface area contributed by atoms with Crippen LogP contribution in [0.4, 0.5) is 4.79 Å². The molecule has 2 aliphatic rings. The number of aromatic amines is 1. The lowest BCUT2D eigenvalue weighted by Gasteiger charge is -2.43. The van der Waals surface area contributed by atoms with Crippen LogP contribution in [-0.4, -0.2) is 57.8 Å². The number of urea groups is 1. The van der Waals surface area contributed by atoms with E-state index in [0.29, 0.717) is 6.54 Å². The predicted molar refractivity (Wildman–Crippen MR) is 88.9 cm³/mol. The Morgan fingerprint density at radius 3 is 2.77 bits per heavy atom. The van der Waals surface area contributed by atoms with Gasteiger partial charge in [-0.1, -0.05) is 12.8 Å². The molecule has 0 aromatic carbocycles. The monoisotopic (exact) mass is 323 g/mol. The SMILES string of the molecule is O=C(NCc1ccn[nH]1)NCC1(N2CCSCC2)CCCC1. The van der Waals surface area contributed by atoms with Crippen LogP contribution in [0, 0.1) is 0 Å². The van der Waals surface area contributed by atoms with Crippen LogP contribution in [0.3, 0.4) is 0 Å². The molecular weight excluding hydrogens is 298 g/mol. The second-order valence-corrected chi connectivity index (χ2v) is 7.37. The number of carbonyl (C=O) groups is 1. The molecule has 2 heterocycles. The van der Waals surface area contributed by atoms with Crippen LogP contribution in [0.25, 0.3) is 0 Å². The van der Waals surface area contributed by atoms with E-state index in [4.69, 9.17) is 0 Å². The predicted octanol–water partition coefficient (Wildman–Crippen LogP) is 1.57. The molecule has 1 aromatic heterocycles. The average Bonchev–Trinajstić information content (AvgIpc) is 3.24. The lowest BCUT2D eigenvalue weighted by atomic mass is 9.94. The third-order valence-electron chi connectivity index (χ3n) is 4.79. The molecule has 1 aliphatic heterocycles. The number of H-pyrrole nitrogens is 1. The number of rotatable bonds is 5. The van der Waals surface area contributed by atoms with Gasteiger partial charge < -0.3 is 10.6 Å². The van der Waals surface area contributed by atoms with Crippen molar-refractivity contribution < 1.29 is 4.79 Å². The van der Waals surface area contributed by atoms with Crippen LogP contribution >= 0.6 is 11.8 Å². The Labute approximate surface area is 135 Å². The molecule has 2 fully saturated rings. The molecule has 1 aliphatic carbocycles. The van der Waals surface area contributed by atoms with Gasteiger partial charge in [-0.25, -0.2) is 4.79 Å². The number of nitrogens with zero attached hydrogens (tertiary/aromatic N) is 2. The van der Waals surface area contributed by atoms with E-state index in [1.54, 1.807) is 6.20 Å². The molecule has 1 saturated heterocycles. The van der Waals surface area contributed by atoms with Gasteiger partial charge in [-0.15, -0.1) is 0 Å². The minimum absolute atomic E-state index is 0.0905. The van der Waals surface area contributed by atoms with Gasteiger partial charge in [-0.2, -0.15) is 16.9 Å². The van der Waals surface area contributed by atoms with Crippen molar-refractivity contribution in [3.8, 4) is 0 Å². The second kappa shape index (κ2) is 7.37. The molecule has 1 aromatic rings. The molecule has 0 bridgehead atoms. The molecule has 7 heteroatoms. The van der Waals surface area contributed by atoms with Crippen LogP contribution in [0.2, 0.25) is 0 Å². The molecule has 6 nitrogen and oxygen atoms in total. The Morgan fingerprint density at radius 1 is 1.32 bits per heavy atom. The van der Waals surface area contributed by atoms with E-state index in [1.807, 2.05) is 17.8 Å². The minimum atomic E-state index is -0.0905. The van der Waals surface area contributed by atoms with E-state index in [9.17, 15) is 4.79 Å². The third-order valence-corrected chi connectivity index (χ3v) is 5.73. The fourth-order valence-electron chi connectivity index (χ4n) is 3.54. The first-order valence-electron chi connectivity index (χ1n) is 8.11. The van der Waals surface area contributed by atoms with Crippen molar-refractivity contribution in [1.82, 2.24) is 25.7 Å².